The SMILES string of the molecule is CC(O)c1cn(CCCN)nn1. The fourth-order valence-electron chi connectivity index (χ4n) is 0.867. The quantitative estimate of drug-likeness (QED) is 0.649. The molecule has 1 unspecified atom stereocenters. The van der Waals surface area contributed by atoms with Gasteiger partial charge in [0.05, 0.1) is 12.3 Å². The molecule has 0 aliphatic carbocycles. The van der Waals surface area contributed by atoms with Gasteiger partial charge < -0.3 is 10.8 Å². The van der Waals surface area contributed by atoms with Gasteiger partial charge >= 0.3 is 0 Å². The van der Waals surface area contributed by atoms with Gasteiger partial charge in [-0.05, 0) is 19.9 Å². The van der Waals surface area contributed by atoms with E-state index in [4.69, 9.17) is 10.8 Å². The van der Waals surface area contributed by atoms with E-state index in [1.165, 1.54) is 0 Å². The molecule has 0 aromatic carbocycles. The topological polar surface area (TPSA) is 77.0 Å². The van der Waals surface area contributed by atoms with Crippen molar-refractivity contribution >= 4 is 0 Å². The van der Waals surface area contributed by atoms with Gasteiger partial charge in [0.15, 0.2) is 0 Å². The van der Waals surface area contributed by atoms with E-state index in [2.05, 4.69) is 10.3 Å². The smallest absolute Gasteiger partial charge is 0.111 e. The molecule has 1 aromatic rings. The van der Waals surface area contributed by atoms with E-state index < -0.39 is 6.10 Å². The van der Waals surface area contributed by atoms with E-state index in [1.54, 1.807) is 17.8 Å². The third-order valence-corrected chi connectivity index (χ3v) is 1.58. The molecule has 1 rings (SSSR count). The zero-order valence-corrected chi connectivity index (χ0v) is 7.14. The van der Waals surface area contributed by atoms with Crippen LogP contribution in [0.1, 0.15) is 25.1 Å². The molecule has 0 saturated carbocycles. The Balaban J connectivity index is 2.52. The number of rotatable bonds is 4. The Morgan fingerprint density at radius 1 is 1.75 bits per heavy atom. The lowest BCUT2D eigenvalue weighted by Crippen LogP contribution is -2.06. The molecule has 5 nitrogen and oxygen atoms in total. The Labute approximate surface area is 71.2 Å². The summed E-state index contributed by atoms with van der Waals surface area (Å²) in [6.45, 7) is 3.07. The molecule has 5 heteroatoms. The van der Waals surface area contributed by atoms with Crippen molar-refractivity contribution in [1.29, 1.82) is 0 Å². The number of aliphatic hydroxyl groups is 1. The summed E-state index contributed by atoms with van der Waals surface area (Å²) in [7, 11) is 0. The Morgan fingerprint density at radius 2 is 2.50 bits per heavy atom. The molecular formula is C7H14N4O. The first-order valence-electron chi connectivity index (χ1n) is 4.02. The molecular weight excluding hydrogens is 156 g/mol. The molecule has 12 heavy (non-hydrogen) atoms. The number of hydrogen-bond donors (Lipinski definition) is 2. The van der Waals surface area contributed by atoms with Crippen LogP contribution in [0.3, 0.4) is 0 Å². The number of aromatic nitrogens is 3. The van der Waals surface area contributed by atoms with E-state index in [-0.39, 0.29) is 0 Å². The van der Waals surface area contributed by atoms with E-state index in [9.17, 15) is 0 Å². The first-order valence-corrected chi connectivity index (χ1v) is 4.02. The van der Waals surface area contributed by atoms with Gasteiger partial charge in [-0.15, -0.1) is 5.10 Å². The van der Waals surface area contributed by atoms with Crippen LogP contribution in [0.2, 0.25) is 0 Å². The molecule has 1 atom stereocenters. The van der Waals surface area contributed by atoms with Crippen molar-refractivity contribution in [2.45, 2.75) is 26.0 Å². The summed E-state index contributed by atoms with van der Waals surface area (Å²) in [4.78, 5) is 0. The molecule has 0 radical (unpaired) electrons. The largest absolute Gasteiger partial charge is 0.387 e. The Bertz CT molecular complexity index is 233. The first kappa shape index (κ1) is 9.15. The number of hydrogen-bond acceptors (Lipinski definition) is 4. The van der Waals surface area contributed by atoms with Crippen molar-refractivity contribution in [2.24, 2.45) is 5.73 Å². The summed E-state index contributed by atoms with van der Waals surface area (Å²) in [5, 5.41) is 16.7. The zero-order chi connectivity index (χ0) is 8.97. The highest BCUT2D eigenvalue weighted by atomic mass is 16.3. The molecule has 1 heterocycles. The molecule has 0 saturated heterocycles. The Kier molecular flexibility index (Phi) is 3.19. The standard InChI is InChI=1S/C7H14N4O/c1-6(12)7-5-11(10-9-7)4-2-3-8/h5-6,12H,2-4,8H2,1H3. The normalized spacial score (nSPS) is 13.2. The summed E-state index contributed by atoms with van der Waals surface area (Å²) in [5.41, 5.74) is 5.94. The molecule has 0 amide bonds. The van der Waals surface area contributed by atoms with Crippen LogP contribution in [0.15, 0.2) is 6.20 Å². The average molecular weight is 170 g/mol. The summed E-state index contributed by atoms with van der Waals surface area (Å²) in [6, 6.07) is 0. The fraction of sp³-hybridized carbons (Fsp3) is 0.714. The fourth-order valence-corrected chi connectivity index (χ4v) is 0.867. The van der Waals surface area contributed by atoms with E-state index in [0.717, 1.165) is 13.0 Å². The van der Waals surface area contributed by atoms with Crippen molar-refractivity contribution in [3.05, 3.63) is 11.9 Å². The van der Waals surface area contributed by atoms with E-state index >= 15 is 0 Å². The summed E-state index contributed by atoms with van der Waals surface area (Å²) in [6.07, 6.45) is 2.07. The van der Waals surface area contributed by atoms with Gasteiger partial charge in [-0.1, -0.05) is 5.21 Å². The lowest BCUT2D eigenvalue weighted by Gasteiger charge is -1.96. The second-order valence-corrected chi connectivity index (χ2v) is 2.72. The monoisotopic (exact) mass is 170 g/mol. The van der Waals surface area contributed by atoms with Crippen LogP contribution in [0.25, 0.3) is 0 Å². The molecule has 3 N–H and O–H groups in total. The molecule has 0 aliphatic rings. The highest BCUT2D eigenvalue weighted by Gasteiger charge is 2.04. The van der Waals surface area contributed by atoms with Gasteiger partial charge in [0.2, 0.25) is 0 Å². The Morgan fingerprint density at radius 3 is 3.00 bits per heavy atom. The van der Waals surface area contributed by atoms with Crippen LogP contribution in [0.5, 0.6) is 0 Å². The zero-order valence-electron chi connectivity index (χ0n) is 7.14. The summed E-state index contributed by atoms with van der Waals surface area (Å²) < 4.78 is 1.69. The van der Waals surface area contributed by atoms with Gasteiger partial charge in [-0.3, -0.25) is 4.68 Å². The lowest BCUT2D eigenvalue weighted by atomic mass is 10.3. The van der Waals surface area contributed by atoms with E-state index in [1.807, 2.05) is 0 Å². The third kappa shape index (κ3) is 2.28. The number of aryl methyl sites for hydroxylation is 1. The minimum Gasteiger partial charge on any atom is -0.387 e. The Hall–Kier alpha value is -0.940. The molecule has 1 aromatic heterocycles. The maximum absolute atomic E-state index is 9.12. The van der Waals surface area contributed by atoms with Crippen molar-refractivity contribution in [3.8, 4) is 0 Å². The van der Waals surface area contributed by atoms with Gasteiger partial charge in [0.1, 0.15) is 5.69 Å². The minimum absolute atomic E-state index is 0.545. The second kappa shape index (κ2) is 4.18. The maximum Gasteiger partial charge on any atom is 0.111 e. The number of aliphatic hydroxyl groups excluding tert-OH is 1. The number of nitrogens with zero attached hydrogens (tertiary/aromatic N) is 3. The molecule has 68 valence electrons. The lowest BCUT2D eigenvalue weighted by molar-refractivity contribution is 0.194. The van der Waals surface area contributed by atoms with Crippen molar-refractivity contribution in [1.82, 2.24) is 15.0 Å². The van der Waals surface area contributed by atoms with Crippen molar-refractivity contribution in [2.75, 3.05) is 6.54 Å². The van der Waals surface area contributed by atoms with Crippen LogP contribution in [-0.2, 0) is 6.54 Å². The average Bonchev–Trinajstić information content (AvgIpc) is 2.48. The highest BCUT2D eigenvalue weighted by molar-refractivity contribution is 4.95. The van der Waals surface area contributed by atoms with Gasteiger partial charge in [-0.2, -0.15) is 0 Å². The minimum atomic E-state index is -0.545. The van der Waals surface area contributed by atoms with Crippen LogP contribution in [0.4, 0.5) is 0 Å². The third-order valence-electron chi connectivity index (χ3n) is 1.58. The van der Waals surface area contributed by atoms with Crippen LogP contribution in [0, 0.1) is 0 Å². The van der Waals surface area contributed by atoms with Gasteiger partial charge in [0.25, 0.3) is 0 Å². The van der Waals surface area contributed by atoms with Crippen LogP contribution < -0.4 is 5.73 Å². The summed E-state index contributed by atoms with van der Waals surface area (Å²) in [5.74, 6) is 0. The molecule has 0 aliphatic heterocycles. The number of nitrogens with two attached hydrogens (primary N) is 1. The van der Waals surface area contributed by atoms with Crippen LogP contribution in [-0.4, -0.2) is 26.6 Å². The van der Waals surface area contributed by atoms with Crippen molar-refractivity contribution in [3.63, 3.8) is 0 Å². The maximum atomic E-state index is 9.12. The van der Waals surface area contributed by atoms with E-state index in [0.29, 0.717) is 12.2 Å². The first-order chi connectivity index (χ1) is 5.74. The molecule has 0 bridgehead atoms. The van der Waals surface area contributed by atoms with Crippen LogP contribution >= 0.6 is 0 Å². The summed E-state index contributed by atoms with van der Waals surface area (Å²) >= 11 is 0. The molecule has 0 fully saturated rings. The predicted molar refractivity (Wildman–Crippen MR) is 44.3 cm³/mol. The second-order valence-electron chi connectivity index (χ2n) is 2.72. The van der Waals surface area contributed by atoms with Gasteiger partial charge in [-0.25, -0.2) is 0 Å². The van der Waals surface area contributed by atoms with Gasteiger partial charge in [0, 0.05) is 6.54 Å². The predicted octanol–water partition coefficient (Wildman–Crippen LogP) is -0.320. The van der Waals surface area contributed by atoms with Crippen molar-refractivity contribution < 1.29 is 5.11 Å². The molecule has 0 spiro atoms. The highest BCUT2D eigenvalue weighted by Crippen LogP contribution is 2.05.